The molecule has 0 saturated heterocycles. The summed E-state index contributed by atoms with van der Waals surface area (Å²) < 4.78 is 27.1. The van der Waals surface area contributed by atoms with Crippen molar-refractivity contribution in [2.75, 3.05) is 7.05 Å². The van der Waals surface area contributed by atoms with Gasteiger partial charge in [0.25, 0.3) is 5.91 Å². The smallest absolute Gasteiger partial charge is 0.251 e. The molecule has 0 spiro atoms. The van der Waals surface area contributed by atoms with Crippen molar-refractivity contribution in [1.82, 2.24) is 14.9 Å². The Morgan fingerprint density at radius 3 is 2.28 bits per heavy atom. The molecule has 6 nitrogen and oxygen atoms in total. The first-order chi connectivity index (χ1) is 13.8. The number of amides is 1. The summed E-state index contributed by atoms with van der Waals surface area (Å²) in [4.78, 5) is 15.0. The zero-order valence-corrected chi connectivity index (χ0v) is 18.0. The van der Waals surface area contributed by atoms with E-state index in [4.69, 9.17) is 0 Å². The van der Waals surface area contributed by atoms with Gasteiger partial charge in [0.2, 0.25) is 10.0 Å². The van der Waals surface area contributed by atoms with Crippen LogP contribution in [0.1, 0.15) is 48.2 Å². The van der Waals surface area contributed by atoms with Gasteiger partial charge in [-0.3, -0.25) is 9.69 Å². The van der Waals surface area contributed by atoms with Gasteiger partial charge in [0.1, 0.15) is 0 Å². The number of hydrogen-bond acceptors (Lipinski definition) is 4. The maximum absolute atomic E-state index is 12.5. The molecule has 0 heterocycles. The van der Waals surface area contributed by atoms with Crippen molar-refractivity contribution in [3.63, 3.8) is 0 Å². The van der Waals surface area contributed by atoms with Crippen molar-refractivity contribution < 1.29 is 13.2 Å². The molecule has 1 amide bonds. The predicted octanol–water partition coefficient (Wildman–Crippen LogP) is 2.90. The molecule has 0 unspecified atom stereocenters. The molecule has 2 aromatic rings. The molecular formula is C22H29N3O3S. The molecule has 0 aromatic heterocycles. The summed E-state index contributed by atoms with van der Waals surface area (Å²) in [6.45, 7) is 5.53. The van der Waals surface area contributed by atoms with Gasteiger partial charge in [-0.25, -0.2) is 13.1 Å². The van der Waals surface area contributed by atoms with E-state index >= 15 is 0 Å². The minimum Gasteiger partial charge on any atom is -0.348 e. The van der Waals surface area contributed by atoms with Crippen molar-refractivity contribution in [3.8, 4) is 0 Å². The number of nitrogens with zero attached hydrogens (tertiary/aromatic N) is 1. The summed E-state index contributed by atoms with van der Waals surface area (Å²) in [6.07, 6.45) is 1.77. The molecule has 0 bridgehead atoms. The monoisotopic (exact) mass is 415 g/mol. The summed E-state index contributed by atoms with van der Waals surface area (Å²) in [5, 5.41) is 2.94. The van der Waals surface area contributed by atoms with Crippen LogP contribution in [0.15, 0.2) is 53.4 Å². The number of carbonyl (C=O) groups is 1. The fraction of sp³-hybridized carbons (Fsp3) is 0.409. The zero-order valence-electron chi connectivity index (χ0n) is 17.2. The fourth-order valence-electron chi connectivity index (χ4n) is 2.89. The first-order valence-electron chi connectivity index (χ1n) is 9.94. The van der Waals surface area contributed by atoms with Crippen molar-refractivity contribution in [2.24, 2.45) is 0 Å². The third kappa shape index (κ3) is 5.88. The van der Waals surface area contributed by atoms with E-state index in [1.165, 1.54) is 17.7 Å². The van der Waals surface area contributed by atoms with Gasteiger partial charge >= 0.3 is 0 Å². The van der Waals surface area contributed by atoms with E-state index in [-0.39, 0.29) is 16.8 Å². The Balaban J connectivity index is 1.62. The van der Waals surface area contributed by atoms with E-state index in [0.29, 0.717) is 18.2 Å². The number of benzene rings is 2. The second-order valence-electron chi connectivity index (χ2n) is 7.88. The Kier molecular flexibility index (Phi) is 6.72. The van der Waals surface area contributed by atoms with E-state index in [2.05, 4.69) is 41.9 Å². The number of rotatable bonds is 9. The van der Waals surface area contributed by atoms with Gasteiger partial charge in [-0.1, -0.05) is 24.3 Å². The van der Waals surface area contributed by atoms with Gasteiger partial charge in [-0.2, -0.15) is 0 Å². The molecule has 2 aromatic carbocycles. The Hall–Kier alpha value is -2.22. The highest BCUT2D eigenvalue weighted by molar-refractivity contribution is 7.89. The lowest BCUT2D eigenvalue weighted by atomic mass is 10.1. The number of sulfonamides is 1. The van der Waals surface area contributed by atoms with Crippen LogP contribution in [-0.4, -0.2) is 38.4 Å². The molecule has 29 heavy (non-hydrogen) atoms. The second kappa shape index (κ2) is 9.07. The molecule has 7 heteroatoms. The second-order valence-corrected chi connectivity index (χ2v) is 9.59. The van der Waals surface area contributed by atoms with Gasteiger partial charge in [0.05, 0.1) is 4.90 Å². The van der Waals surface area contributed by atoms with Gasteiger partial charge in [0.15, 0.2) is 0 Å². The van der Waals surface area contributed by atoms with Crippen molar-refractivity contribution in [1.29, 1.82) is 0 Å². The van der Waals surface area contributed by atoms with Crippen molar-refractivity contribution >= 4 is 15.9 Å². The first kappa shape index (κ1) is 21.5. The van der Waals surface area contributed by atoms with Crippen LogP contribution in [-0.2, 0) is 23.1 Å². The van der Waals surface area contributed by atoms with E-state index in [0.717, 1.165) is 24.9 Å². The normalized spacial score (nSPS) is 14.4. The van der Waals surface area contributed by atoms with Gasteiger partial charge in [0, 0.05) is 30.7 Å². The van der Waals surface area contributed by atoms with Gasteiger partial charge < -0.3 is 5.32 Å². The Morgan fingerprint density at radius 1 is 1.07 bits per heavy atom. The molecule has 1 fully saturated rings. The summed E-state index contributed by atoms with van der Waals surface area (Å²) in [5.41, 5.74) is 2.69. The third-order valence-corrected chi connectivity index (χ3v) is 6.72. The lowest BCUT2D eigenvalue weighted by Gasteiger charge is -2.22. The number of carbonyl (C=O) groups excluding carboxylic acids is 1. The van der Waals surface area contributed by atoms with Crippen molar-refractivity contribution in [3.05, 3.63) is 65.2 Å². The maximum atomic E-state index is 12.5. The van der Waals surface area contributed by atoms with Gasteiger partial charge in [-0.15, -0.1) is 0 Å². The SMILES string of the molecule is CC(C)N(C)Cc1ccccc1CNC(=O)c1ccc(S(=O)(=O)NC2CC2)cc1. The lowest BCUT2D eigenvalue weighted by Crippen LogP contribution is -2.28. The molecule has 3 rings (SSSR count). The van der Waals surface area contributed by atoms with Crippen LogP contribution in [0.2, 0.25) is 0 Å². The molecule has 156 valence electrons. The highest BCUT2D eigenvalue weighted by Crippen LogP contribution is 2.22. The average molecular weight is 416 g/mol. The lowest BCUT2D eigenvalue weighted by molar-refractivity contribution is 0.0950. The van der Waals surface area contributed by atoms with E-state index in [1.54, 1.807) is 12.1 Å². The molecule has 0 atom stereocenters. The summed E-state index contributed by atoms with van der Waals surface area (Å²) in [7, 11) is -1.43. The highest BCUT2D eigenvalue weighted by atomic mass is 32.2. The molecule has 1 aliphatic carbocycles. The molecular weight excluding hydrogens is 386 g/mol. The standard InChI is InChI=1S/C22H29N3O3S/c1-16(2)25(3)15-19-7-5-4-6-18(19)14-23-22(26)17-8-12-21(13-9-17)29(27,28)24-20-10-11-20/h4-9,12-13,16,20,24H,10-11,14-15H2,1-3H3,(H,23,26). The quantitative estimate of drug-likeness (QED) is 0.660. The molecule has 0 radical (unpaired) electrons. The molecule has 0 aliphatic heterocycles. The van der Waals surface area contributed by atoms with Crippen LogP contribution in [0.25, 0.3) is 0 Å². The molecule has 1 aliphatic rings. The van der Waals surface area contributed by atoms with Crippen LogP contribution >= 0.6 is 0 Å². The van der Waals surface area contributed by atoms with E-state index in [1.807, 2.05) is 18.2 Å². The van der Waals surface area contributed by atoms with E-state index in [9.17, 15) is 13.2 Å². The van der Waals surface area contributed by atoms with Gasteiger partial charge in [-0.05, 0) is 69.1 Å². The zero-order chi connectivity index (χ0) is 21.0. The summed E-state index contributed by atoms with van der Waals surface area (Å²) >= 11 is 0. The third-order valence-electron chi connectivity index (χ3n) is 5.19. The number of nitrogens with one attached hydrogen (secondary N) is 2. The largest absolute Gasteiger partial charge is 0.348 e. The van der Waals surface area contributed by atoms with Crippen LogP contribution in [0.3, 0.4) is 0 Å². The van der Waals surface area contributed by atoms with Crippen LogP contribution < -0.4 is 10.0 Å². The Morgan fingerprint density at radius 2 is 1.69 bits per heavy atom. The average Bonchev–Trinajstić information content (AvgIpc) is 3.50. The van der Waals surface area contributed by atoms with E-state index < -0.39 is 10.0 Å². The first-order valence-corrected chi connectivity index (χ1v) is 11.4. The fourth-order valence-corrected chi connectivity index (χ4v) is 4.19. The minimum atomic E-state index is -3.51. The topological polar surface area (TPSA) is 78.5 Å². The molecule has 2 N–H and O–H groups in total. The summed E-state index contributed by atoms with van der Waals surface area (Å²) in [6, 6.07) is 14.6. The maximum Gasteiger partial charge on any atom is 0.251 e. The van der Waals surface area contributed by atoms with Crippen LogP contribution in [0.5, 0.6) is 0 Å². The summed E-state index contributed by atoms with van der Waals surface area (Å²) in [5.74, 6) is -0.226. The Labute approximate surface area is 173 Å². The van der Waals surface area contributed by atoms with Crippen LogP contribution in [0, 0.1) is 0 Å². The van der Waals surface area contributed by atoms with Crippen LogP contribution in [0.4, 0.5) is 0 Å². The minimum absolute atomic E-state index is 0.0535. The number of hydrogen-bond donors (Lipinski definition) is 2. The predicted molar refractivity (Wildman–Crippen MR) is 114 cm³/mol. The Bertz CT molecular complexity index is 952. The molecule has 1 saturated carbocycles. The highest BCUT2D eigenvalue weighted by Gasteiger charge is 2.27. The van der Waals surface area contributed by atoms with Crippen molar-refractivity contribution in [2.45, 2.75) is 56.8 Å².